The summed E-state index contributed by atoms with van der Waals surface area (Å²) in [7, 11) is 2.13. The van der Waals surface area contributed by atoms with Gasteiger partial charge in [-0.25, -0.2) is 0 Å². The first-order valence-corrected chi connectivity index (χ1v) is 3.99. The van der Waals surface area contributed by atoms with Gasteiger partial charge in [-0.05, 0) is 20.1 Å². The van der Waals surface area contributed by atoms with Crippen molar-refractivity contribution in [1.29, 1.82) is 0 Å². The van der Waals surface area contributed by atoms with Crippen LogP contribution in [0, 0.1) is 13.8 Å². The van der Waals surface area contributed by atoms with Crippen LogP contribution in [0.15, 0.2) is 0 Å². The Morgan fingerprint density at radius 1 is 1.27 bits per heavy atom. The number of unbranched alkanes of at least 4 members (excludes halogenated alkanes) is 1. The second-order valence-electron chi connectivity index (χ2n) is 2.10. The van der Waals surface area contributed by atoms with E-state index in [1.165, 1.54) is 13.0 Å². The Balaban J connectivity index is -0.000000196. The van der Waals surface area contributed by atoms with Crippen molar-refractivity contribution >= 4 is 0 Å². The molecule has 0 bridgehead atoms. The molecule has 1 nitrogen and oxygen atoms in total. The average molecular weight is 209 g/mol. The van der Waals surface area contributed by atoms with Gasteiger partial charge in [0.05, 0.1) is 0 Å². The maximum absolute atomic E-state index is 3.77. The van der Waals surface area contributed by atoms with Gasteiger partial charge in [-0.15, -0.1) is 0 Å². The van der Waals surface area contributed by atoms with Gasteiger partial charge in [0.2, 0.25) is 0 Å². The summed E-state index contributed by atoms with van der Waals surface area (Å²) in [5.74, 6) is 0. The quantitative estimate of drug-likeness (QED) is 0.507. The van der Waals surface area contributed by atoms with Crippen LogP contribution in [-0.4, -0.2) is 25.0 Å². The summed E-state index contributed by atoms with van der Waals surface area (Å²) in [4.78, 5) is 2.30. The molecule has 0 fully saturated rings. The Hall–Kier alpha value is 0.583. The van der Waals surface area contributed by atoms with E-state index < -0.39 is 0 Å². The van der Waals surface area contributed by atoms with Crippen LogP contribution in [0.4, 0.5) is 0 Å². The van der Waals surface area contributed by atoms with Crippen LogP contribution in [0.2, 0.25) is 0 Å². The Morgan fingerprint density at radius 3 is 2.00 bits per heavy atom. The van der Waals surface area contributed by atoms with Gasteiger partial charge in [0.1, 0.15) is 0 Å². The molecule has 0 aliphatic carbocycles. The molecule has 0 N–H and O–H groups in total. The Labute approximate surface area is 85.3 Å². The summed E-state index contributed by atoms with van der Waals surface area (Å²) in [5.41, 5.74) is 0. The molecule has 0 amide bonds. The minimum atomic E-state index is 0. The first kappa shape index (κ1) is 17.6. The monoisotopic (exact) mass is 207 g/mol. The molecule has 64 valence electrons. The number of nitrogens with zero attached hydrogens (tertiary/aromatic N) is 1. The topological polar surface area (TPSA) is 3.24 Å². The maximum atomic E-state index is 3.77. The van der Waals surface area contributed by atoms with Crippen LogP contribution in [0.25, 0.3) is 0 Å². The number of rotatable bonds is 4. The van der Waals surface area contributed by atoms with Crippen molar-refractivity contribution in [3.05, 3.63) is 13.8 Å². The molecule has 0 radical (unpaired) electrons. The molecule has 0 rings (SSSR count). The largest absolute Gasteiger partial charge is 2.00 e. The summed E-state index contributed by atoms with van der Waals surface area (Å²) < 4.78 is 0. The molecule has 0 unspecified atom stereocenters. The molecule has 0 heterocycles. The van der Waals surface area contributed by atoms with Gasteiger partial charge in [-0.1, -0.05) is 13.3 Å². The zero-order chi connectivity index (χ0) is 8.41. The third kappa shape index (κ3) is 18.0. The fraction of sp³-hybridized carbons (Fsp3) is 0.778. The van der Waals surface area contributed by atoms with Gasteiger partial charge in [-0.3, -0.25) is 0 Å². The normalized spacial score (nSPS) is 8.18. The van der Waals surface area contributed by atoms with Crippen molar-refractivity contribution in [2.75, 3.05) is 20.1 Å². The third-order valence-electron chi connectivity index (χ3n) is 1.33. The van der Waals surface area contributed by atoms with Gasteiger partial charge in [0.25, 0.3) is 0 Å². The SMILES string of the molecule is [CH2-]C.[CH2-]CCCN(C)CC.[Zn+2]. The van der Waals surface area contributed by atoms with Crippen molar-refractivity contribution in [2.45, 2.75) is 26.7 Å². The molecule has 11 heavy (non-hydrogen) atoms. The Bertz CT molecular complexity index is 48.8. The molecule has 0 atom stereocenters. The maximum Gasteiger partial charge on any atom is 2.00 e. The summed E-state index contributed by atoms with van der Waals surface area (Å²) in [6, 6.07) is 0. The molecule has 0 spiro atoms. The zero-order valence-corrected chi connectivity index (χ0v) is 11.4. The second kappa shape index (κ2) is 16.9. The molecule has 2 heteroatoms. The third-order valence-corrected chi connectivity index (χ3v) is 1.33. The molecular weight excluding hydrogens is 187 g/mol. The smallest absolute Gasteiger partial charge is 0.346 e. The first-order valence-electron chi connectivity index (χ1n) is 3.99. The first-order chi connectivity index (χ1) is 4.81. The molecular formula is C9H21NZn. The van der Waals surface area contributed by atoms with Crippen molar-refractivity contribution in [2.24, 2.45) is 0 Å². The minimum absolute atomic E-state index is 0. The van der Waals surface area contributed by atoms with Gasteiger partial charge >= 0.3 is 19.5 Å². The van der Waals surface area contributed by atoms with E-state index >= 15 is 0 Å². The predicted molar refractivity (Wildman–Crippen MR) is 48.8 cm³/mol. The van der Waals surface area contributed by atoms with E-state index in [0.717, 1.165) is 13.0 Å². The van der Waals surface area contributed by atoms with E-state index in [0.29, 0.717) is 0 Å². The van der Waals surface area contributed by atoms with Crippen molar-refractivity contribution < 1.29 is 19.5 Å². The van der Waals surface area contributed by atoms with Gasteiger partial charge in [-0.2, -0.15) is 13.3 Å². The van der Waals surface area contributed by atoms with E-state index in [1.54, 1.807) is 6.92 Å². The van der Waals surface area contributed by atoms with Crippen LogP contribution < -0.4 is 0 Å². The van der Waals surface area contributed by atoms with E-state index in [4.69, 9.17) is 0 Å². The summed E-state index contributed by atoms with van der Waals surface area (Å²) in [6.07, 6.45) is 2.29. The number of hydrogen-bond acceptors (Lipinski definition) is 1. The van der Waals surface area contributed by atoms with Crippen LogP contribution in [0.1, 0.15) is 26.7 Å². The molecule has 0 aromatic carbocycles. The van der Waals surface area contributed by atoms with Crippen LogP contribution >= 0.6 is 0 Å². The molecule has 0 aromatic rings. The molecule has 0 saturated heterocycles. The van der Waals surface area contributed by atoms with E-state index in [-0.39, 0.29) is 19.5 Å². The summed E-state index contributed by atoms with van der Waals surface area (Å²) >= 11 is 0. The van der Waals surface area contributed by atoms with Crippen LogP contribution in [0.5, 0.6) is 0 Å². The summed E-state index contributed by atoms with van der Waals surface area (Å²) in [6.45, 7) is 13.3. The predicted octanol–water partition coefficient (Wildman–Crippen LogP) is 2.39. The van der Waals surface area contributed by atoms with Crippen LogP contribution in [0.3, 0.4) is 0 Å². The number of hydrogen-bond donors (Lipinski definition) is 0. The van der Waals surface area contributed by atoms with Gasteiger partial charge < -0.3 is 18.7 Å². The Kier molecular flexibility index (Phi) is 27.1. The average Bonchev–Trinajstić information content (AvgIpc) is 2.04. The van der Waals surface area contributed by atoms with Gasteiger partial charge in [0.15, 0.2) is 0 Å². The molecule has 0 aliphatic heterocycles. The summed E-state index contributed by atoms with van der Waals surface area (Å²) in [5, 5.41) is 0. The Morgan fingerprint density at radius 2 is 1.73 bits per heavy atom. The fourth-order valence-electron chi connectivity index (χ4n) is 0.540. The molecule has 0 aromatic heterocycles. The fourth-order valence-corrected chi connectivity index (χ4v) is 0.540. The minimum Gasteiger partial charge on any atom is -0.346 e. The van der Waals surface area contributed by atoms with E-state index in [9.17, 15) is 0 Å². The van der Waals surface area contributed by atoms with Crippen molar-refractivity contribution in [3.8, 4) is 0 Å². The second-order valence-corrected chi connectivity index (χ2v) is 2.10. The molecule has 0 saturated carbocycles. The van der Waals surface area contributed by atoms with Crippen molar-refractivity contribution in [3.63, 3.8) is 0 Å². The zero-order valence-electron chi connectivity index (χ0n) is 8.40. The molecule has 0 aliphatic rings. The standard InChI is InChI=1S/C7H16N.C2H5.Zn/c1-4-6-7-8(3)5-2;1-2;/h1,4-7H2,2-3H3;1H2,2H3;/q2*-1;+2. The van der Waals surface area contributed by atoms with Gasteiger partial charge in [0, 0.05) is 0 Å². The van der Waals surface area contributed by atoms with E-state index in [1.807, 2.05) is 0 Å². The van der Waals surface area contributed by atoms with Crippen LogP contribution in [-0.2, 0) is 19.5 Å². The van der Waals surface area contributed by atoms with Crippen molar-refractivity contribution in [1.82, 2.24) is 4.90 Å². The van der Waals surface area contributed by atoms with E-state index in [2.05, 4.69) is 32.7 Å².